The second-order valence-corrected chi connectivity index (χ2v) is 6.92. The van der Waals surface area contributed by atoms with Crippen LogP contribution in [0, 0.1) is 5.41 Å². The molecular formula is C14H22N2OS. The van der Waals surface area contributed by atoms with Crippen LogP contribution in [0.25, 0.3) is 0 Å². The van der Waals surface area contributed by atoms with Crippen molar-refractivity contribution >= 4 is 11.8 Å². The van der Waals surface area contributed by atoms with Crippen molar-refractivity contribution in [3.05, 3.63) is 29.8 Å². The molecule has 1 aromatic rings. The molecule has 0 bridgehead atoms. The minimum absolute atomic E-state index is 0.0330. The summed E-state index contributed by atoms with van der Waals surface area (Å²) in [6, 6.07) is 8.48. The molecule has 0 aromatic heterocycles. The van der Waals surface area contributed by atoms with E-state index in [-0.39, 0.29) is 11.5 Å². The van der Waals surface area contributed by atoms with Gasteiger partial charge >= 0.3 is 0 Å². The monoisotopic (exact) mass is 266 g/mol. The summed E-state index contributed by atoms with van der Waals surface area (Å²) in [5, 5.41) is 0.597. The molecule has 0 amide bonds. The number of hydrogen-bond acceptors (Lipinski definition) is 4. The number of ether oxygens (including phenoxy) is 1. The summed E-state index contributed by atoms with van der Waals surface area (Å²) in [4.78, 5) is 1.28. The summed E-state index contributed by atoms with van der Waals surface area (Å²) >= 11 is 1.86. The molecule has 0 aliphatic carbocycles. The molecule has 1 fully saturated rings. The van der Waals surface area contributed by atoms with Crippen LogP contribution >= 0.6 is 11.8 Å². The topological polar surface area (TPSA) is 61.3 Å². The molecule has 3 nitrogen and oxygen atoms in total. The van der Waals surface area contributed by atoms with Gasteiger partial charge in [-0.1, -0.05) is 26.0 Å². The summed E-state index contributed by atoms with van der Waals surface area (Å²) in [6.07, 6.45) is 0. The van der Waals surface area contributed by atoms with E-state index in [1.54, 1.807) is 0 Å². The zero-order chi connectivity index (χ0) is 13.2. The lowest BCUT2D eigenvalue weighted by molar-refractivity contribution is -0.121. The van der Waals surface area contributed by atoms with Crippen molar-refractivity contribution in [2.24, 2.45) is 16.9 Å². The quantitative estimate of drug-likeness (QED) is 0.802. The van der Waals surface area contributed by atoms with Crippen LogP contribution in [0.3, 0.4) is 0 Å². The minimum atomic E-state index is -0.0628. The number of benzene rings is 1. The summed E-state index contributed by atoms with van der Waals surface area (Å²) in [6.45, 7) is 6.32. The van der Waals surface area contributed by atoms with E-state index < -0.39 is 0 Å². The highest BCUT2D eigenvalue weighted by molar-refractivity contribution is 7.99. The fourth-order valence-electron chi connectivity index (χ4n) is 2.17. The Hall–Kier alpha value is -0.550. The highest BCUT2D eigenvalue weighted by Gasteiger charge is 2.43. The SMILES string of the molecule is CC(C)Sc1ccc(C(N)C2(CN)COC2)cc1. The van der Waals surface area contributed by atoms with Crippen LogP contribution in [0.15, 0.2) is 29.2 Å². The van der Waals surface area contributed by atoms with Gasteiger partial charge in [0.25, 0.3) is 0 Å². The standard InChI is InChI=1S/C14H22N2OS/c1-10(2)18-12-5-3-11(4-6-12)13(16)14(7-15)8-17-9-14/h3-6,10,13H,7-9,15-16H2,1-2H3. The largest absolute Gasteiger partial charge is 0.380 e. The van der Waals surface area contributed by atoms with Gasteiger partial charge in [0, 0.05) is 28.1 Å². The van der Waals surface area contributed by atoms with Gasteiger partial charge in [-0.05, 0) is 17.7 Å². The van der Waals surface area contributed by atoms with Crippen molar-refractivity contribution in [2.45, 2.75) is 30.0 Å². The molecule has 1 aliphatic rings. The Balaban J connectivity index is 2.09. The molecule has 1 unspecified atom stereocenters. The predicted molar refractivity (Wildman–Crippen MR) is 76.7 cm³/mol. The Kier molecular flexibility index (Phi) is 4.33. The fourth-order valence-corrected chi connectivity index (χ4v) is 3.01. The Morgan fingerprint density at radius 1 is 1.28 bits per heavy atom. The summed E-state index contributed by atoms with van der Waals surface area (Å²) in [7, 11) is 0. The van der Waals surface area contributed by atoms with Gasteiger partial charge in [-0.15, -0.1) is 11.8 Å². The van der Waals surface area contributed by atoms with E-state index in [1.807, 2.05) is 11.8 Å². The predicted octanol–water partition coefficient (Wildman–Crippen LogP) is 2.16. The first-order chi connectivity index (χ1) is 8.57. The van der Waals surface area contributed by atoms with Gasteiger partial charge in [0.1, 0.15) is 0 Å². The third-order valence-corrected chi connectivity index (χ3v) is 4.47. The molecule has 4 heteroatoms. The van der Waals surface area contributed by atoms with Gasteiger partial charge in [0.2, 0.25) is 0 Å². The number of rotatable bonds is 5. The second-order valence-electron chi connectivity index (χ2n) is 5.27. The van der Waals surface area contributed by atoms with Crippen molar-refractivity contribution in [3.63, 3.8) is 0 Å². The van der Waals surface area contributed by atoms with E-state index in [1.165, 1.54) is 4.90 Å². The van der Waals surface area contributed by atoms with E-state index in [0.29, 0.717) is 25.0 Å². The van der Waals surface area contributed by atoms with Crippen LogP contribution in [-0.4, -0.2) is 25.0 Å². The first kappa shape index (κ1) is 13.9. The summed E-state index contributed by atoms with van der Waals surface area (Å²) in [5.41, 5.74) is 13.3. The molecule has 1 aliphatic heterocycles. The van der Waals surface area contributed by atoms with Crippen LogP contribution in [0.1, 0.15) is 25.5 Å². The van der Waals surface area contributed by atoms with Crippen molar-refractivity contribution in [1.82, 2.24) is 0 Å². The van der Waals surface area contributed by atoms with Crippen molar-refractivity contribution in [1.29, 1.82) is 0 Å². The molecule has 0 radical (unpaired) electrons. The third-order valence-electron chi connectivity index (χ3n) is 3.46. The average Bonchev–Trinajstić information content (AvgIpc) is 2.28. The van der Waals surface area contributed by atoms with E-state index >= 15 is 0 Å². The highest BCUT2D eigenvalue weighted by atomic mass is 32.2. The van der Waals surface area contributed by atoms with Crippen molar-refractivity contribution in [3.8, 4) is 0 Å². The number of thioether (sulfide) groups is 1. The van der Waals surface area contributed by atoms with Gasteiger partial charge in [0.15, 0.2) is 0 Å². The number of hydrogen-bond donors (Lipinski definition) is 2. The molecular weight excluding hydrogens is 244 g/mol. The maximum Gasteiger partial charge on any atom is 0.0575 e. The molecule has 4 N–H and O–H groups in total. The third kappa shape index (κ3) is 2.72. The minimum Gasteiger partial charge on any atom is -0.380 e. The van der Waals surface area contributed by atoms with Crippen molar-refractivity contribution in [2.75, 3.05) is 19.8 Å². The van der Waals surface area contributed by atoms with E-state index in [9.17, 15) is 0 Å². The zero-order valence-corrected chi connectivity index (χ0v) is 11.9. The van der Waals surface area contributed by atoms with Crippen LogP contribution in [0.2, 0.25) is 0 Å². The van der Waals surface area contributed by atoms with Crippen LogP contribution in [0.5, 0.6) is 0 Å². The summed E-state index contributed by atoms with van der Waals surface area (Å²) in [5.74, 6) is 0. The molecule has 0 saturated carbocycles. The Labute approximate surface area is 113 Å². The first-order valence-corrected chi connectivity index (χ1v) is 7.25. The van der Waals surface area contributed by atoms with Gasteiger partial charge in [-0.2, -0.15) is 0 Å². The molecule has 18 heavy (non-hydrogen) atoms. The van der Waals surface area contributed by atoms with Crippen molar-refractivity contribution < 1.29 is 4.74 Å². The molecule has 1 aromatic carbocycles. The fraction of sp³-hybridized carbons (Fsp3) is 0.571. The van der Waals surface area contributed by atoms with E-state index in [2.05, 4.69) is 38.1 Å². The molecule has 0 spiro atoms. The van der Waals surface area contributed by atoms with E-state index in [4.69, 9.17) is 16.2 Å². The van der Waals surface area contributed by atoms with Crippen LogP contribution in [0.4, 0.5) is 0 Å². The van der Waals surface area contributed by atoms with Crippen LogP contribution in [-0.2, 0) is 4.74 Å². The lowest BCUT2D eigenvalue weighted by Gasteiger charge is -2.45. The van der Waals surface area contributed by atoms with E-state index in [0.717, 1.165) is 5.56 Å². The maximum atomic E-state index is 6.33. The second kappa shape index (κ2) is 5.61. The summed E-state index contributed by atoms with van der Waals surface area (Å²) < 4.78 is 5.28. The molecule has 2 rings (SSSR count). The lowest BCUT2D eigenvalue weighted by Crippen LogP contribution is -2.54. The molecule has 1 saturated heterocycles. The average molecular weight is 266 g/mol. The molecule has 1 heterocycles. The lowest BCUT2D eigenvalue weighted by atomic mass is 9.76. The van der Waals surface area contributed by atoms with Crippen LogP contribution < -0.4 is 11.5 Å². The Morgan fingerprint density at radius 2 is 1.89 bits per heavy atom. The first-order valence-electron chi connectivity index (χ1n) is 6.37. The van der Waals surface area contributed by atoms with Gasteiger partial charge in [-0.25, -0.2) is 0 Å². The van der Waals surface area contributed by atoms with Gasteiger partial charge in [0.05, 0.1) is 13.2 Å². The highest BCUT2D eigenvalue weighted by Crippen LogP contribution is 2.38. The Bertz CT molecular complexity index is 382. The van der Waals surface area contributed by atoms with Gasteiger partial charge < -0.3 is 16.2 Å². The molecule has 100 valence electrons. The number of nitrogens with two attached hydrogens (primary N) is 2. The Morgan fingerprint density at radius 3 is 2.28 bits per heavy atom. The smallest absolute Gasteiger partial charge is 0.0575 e. The maximum absolute atomic E-state index is 6.33. The molecule has 1 atom stereocenters. The van der Waals surface area contributed by atoms with Gasteiger partial charge in [-0.3, -0.25) is 0 Å². The normalized spacial score (nSPS) is 19.6. The zero-order valence-electron chi connectivity index (χ0n) is 11.1.